The van der Waals surface area contributed by atoms with Gasteiger partial charge in [0, 0.05) is 37.4 Å². The molecule has 1 saturated heterocycles. The molecule has 2 fully saturated rings. The number of nitrogens with one attached hydrogen (secondary N) is 1. The third kappa shape index (κ3) is 4.18. The fourth-order valence-corrected chi connectivity index (χ4v) is 4.64. The number of aryl methyl sites for hydroxylation is 1. The van der Waals surface area contributed by atoms with Gasteiger partial charge in [0.1, 0.15) is 22.9 Å². The Labute approximate surface area is 213 Å². The number of amides is 1. The van der Waals surface area contributed by atoms with Crippen molar-refractivity contribution in [3.8, 4) is 22.8 Å². The number of ether oxygens (including phenoxy) is 1. The van der Waals surface area contributed by atoms with Gasteiger partial charge in [-0.1, -0.05) is 5.21 Å². The zero-order valence-electron chi connectivity index (χ0n) is 21.3. The van der Waals surface area contributed by atoms with Gasteiger partial charge in [0.25, 0.3) is 5.91 Å². The highest BCUT2D eigenvalue weighted by atomic mass is 19.1. The lowest BCUT2D eigenvalue weighted by Crippen LogP contribution is -2.57. The van der Waals surface area contributed by atoms with Crippen LogP contribution in [0, 0.1) is 12.7 Å². The number of carbonyl (C=O) groups excluding carboxylic acids is 1. The van der Waals surface area contributed by atoms with Crippen LogP contribution in [0.15, 0.2) is 36.8 Å². The molecule has 6 rings (SSSR count). The van der Waals surface area contributed by atoms with Crippen LogP contribution in [0.25, 0.3) is 22.7 Å². The summed E-state index contributed by atoms with van der Waals surface area (Å²) in [5.74, 6) is -0.192. The number of methoxy groups -OCH3 is 1. The van der Waals surface area contributed by atoms with Crippen LogP contribution in [0.1, 0.15) is 28.8 Å². The zero-order chi connectivity index (χ0) is 25.8. The molecule has 3 aromatic heterocycles. The molecule has 11 heteroatoms. The topological polar surface area (TPSA) is 92.8 Å². The molecule has 0 bridgehead atoms. The minimum atomic E-state index is -0.550. The molecule has 2 aliphatic rings. The SMILES string of the molecule is COc1cc2ncc(-c3cn(-c4cc(C(=O)NC5CC5)c(F)cc4C)nn3)n2cc1N1CC(N(C)C)C1. The fourth-order valence-electron chi connectivity index (χ4n) is 4.64. The molecule has 10 nitrogen and oxygen atoms in total. The fraction of sp³-hybridized carbons (Fsp3) is 0.385. The largest absolute Gasteiger partial charge is 0.494 e. The molecular formula is C26H29FN8O2. The first-order valence-corrected chi connectivity index (χ1v) is 12.3. The molecule has 1 aliphatic heterocycles. The number of imidazole rings is 1. The molecule has 0 spiro atoms. The highest BCUT2D eigenvalue weighted by molar-refractivity contribution is 5.95. The number of hydrogen-bond donors (Lipinski definition) is 1. The molecule has 0 unspecified atom stereocenters. The molecule has 37 heavy (non-hydrogen) atoms. The summed E-state index contributed by atoms with van der Waals surface area (Å²) in [6.45, 7) is 3.61. The Hall–Kier alpha value is -3.99. The normalized spacial score (nSPS) is 15.9. The van der Waals surface area contributed by atoms with Crippen LogP contribution < -0.4 is 15.0 Å². The highest BCUT2D eigenvalue weighted by Crippen LogP contribution is 2.35. The Balaban J connectivity index is 1.34. The van der Waals surface area contributed by atoms with Gasteiger partial charge in [0.15, 0.2) is 0 Å². The molecular weight excluding hydrogens is 475 g/mol. The summed E-state index contributed by atoms with van der Waals surface area (Å²) in [4.78, 5) is 21.6. The van der Waals surface area contributed by atoms with Crippen LogP contribution in [0.3, 0.4) is 0 Å². The van der Waals surface area contributed by atoms with Crippen LogP contribution in [-0.4, -0.2) is 81.6 Å². The molecule has 192 valence electrons. The van der Waals surface area contributed by atoms with Gasteiger partial charge in [-0.25, -0.2) is 14.1 Å². The lowest BCUT2D eigenvalue weighted by atomic mass is 10.1. The summed E-state index contributed by atoms with van der Waals surface area (Å²) in [7, 11) is 5.84. The molecule has 0 atom stereocenters. The molecule has 1 N–H and O–H groups in total. The van der Waals surface area contributed by atoms with Crippen molar-refractivity contribution in [2.24, 2.45) is 0 Å². The van der Waals surface area contributed by atoms with E-state index in [1.54, 1.807) is 31.1 Å². The number of anilines is 1. The monoisotopic (exact) mass is 504 g/mol. The minimum Gasteiger partial charge on any atom is -0.494 e. The maximum absolute atomic E-state index is 14.6. The van der Waals surface area contributed by atoms with E-state index in [0.29, 0.717) is 23.0 Å². The van der Waals surface area contributed by atoms with Crippen LogP contribution in [0.4, 0.5) is 10.1 Å². The van der Waals surface area contributed by atoms with E-state index in [9.17, 15) is 9.18 Å². The highest BCUT2D eigenvalue weighted by Gasteiger charge is 2.31. The molecule has 0 radical (unpaired) electrons. The van der Waals surface area contributed by atoms with Gasteiger partial charge in [-0.2, -0.15) is 0 Å². The van der Waals surface area contributed by atoms with Crippen molar-refractivity contribution in [3.63, 3.8) is 0 Å². The van der Waals surface area contributed by atoms with Gasteiger partial charge in [0.2, 0.25) is 0 Å². The van der Waals surface area contributed by atoms with Crippen molar-refractivity contribution < 1.29 is 13.9 Å². The summed E-state index contributed by atoms with van der Waals surface area (Å²) >= 11 is 0. The Morgan fingerprint density at radius 1 is 1.16 bits per heavy atom. The Morgan fingerprint density at radius 3 is 2.65 bits per heavy atom. The van der Waals surface area contributed by atoms with E-state index in [0.717, 1.165) is 48.7 Å². The van der Waals surface area contributed by atoms with Crippen LogP contribution in [-0.2, 0) is 0 Å². The Bertz CT molecular complexity index is 1500. The van der Waals surface area contributed by atoms with Crippen LogP contribution in [0.2, 0.25) is 0 Å². The van der Waals surface area contributed by atoms with Gasteiger partial charge in [0.05, 0.1) is 42.1 Å². The van der Waals surface area contributed by atoms with E-state index in [4.69, 9.17) is 4.74 Å². The summed E-state index contributed by atoms with van der Waals surface area (Å²) in [6, 6.07) is 5.44. The molecule has 1 saturated carbocycles. The number of hydrogen-bond acceptors (Lipinski definition) is 7. The standard InChI is InChI=1S/C26H29FN8O2/c1-15-7-19(27)18(26(36)29-16-5-6-16)8-21(15)35-13-20(30-31-35)22-10-28-25-9-24(37-4)23(14-34(22)25)33-11-17(12-33)32(2)3/h7-10,13-14,16-17H,5-6,11-12H2,1-4H3,(H,29,36). The van der Waals surface area contributed by atoms with Crippen molar-refractivity contribution in [1.82, 2.24) is 34.6 Å². The third-order valence-corrected chi connectivity index (χ3v) is 7.19. The first kappa shape index (κ1) is 23.4. The van der Waals surface area contributed by atoms with E-state index in [1.807, 2.05) is 16.7 Å². The maximum Gasteiger partial charge on any atom is 0.254 e. The number of carbonyl (C=O) groups is 1. The van der Waals surface area contributed by atoms with Gasteiger partial charge in [-0.05, 0) is 51.6 Å². The van der Waals surface area contributed by atoms with E-state index >= 15 is 0 Å². The Morgan fingerprint density at radius 2 is 1.95 bits per heavy atom. The van der Waals surface area contributed by atoms with Crippen LogP contribution >= 0.6 is 0 Å². The molecule has 4 heterocycles. The number of aromatic nitrogens is 5. The quantitative estimate of drug-likeness (QED) is 0.414. The number of halogens is 1. The van der Waals surface area contributed by atoms with Gasteiger partial charge < -0.3 is 19.9 Å². The van der Waals surface area contributed by atoms with Crippen molar-refractivity contribution in [2.75, 3.05) is 39.2 Å². The predicted molar refractivity (Wildman–Crippen MR) is 137 cm³/mol. The smallest absolute Gasteiger partial charge is 0.254 e. The van der Waals surface area contributed by atoms with Crippen molar-refractivity contribution in [1.29, 1.82) is 0 Å². The van der Waals surface area contributed by atoms with Gasteiger partial charge in [-0.15, -0.1) is 5.10 Å². The maximum atomic E-state index is 14.6. The molecule has 4 aromatic rings. The summed E-state index contributed by atoms with van der Waals surface area (Å²) in [6.07, 6.45) is 7.39. The predicted octanol–water partition coefficient (Wildman–Crippen LogP) is 2.68. The summed E-state index contributed by atoms with van der Waals surface area (Å²) in [5.41, 5.74) is 4.32. The summed E-state index contributed by atoms with van der Waals surface area (Å²) < 4.78 is 23.8. The van der Waals surface area contributed by atoms with Gasteiger partial charge in [-0.3, -0.25) is 9.20 Å². The second-order valence-corrected chi connectivity index (χ2v) is 10.0. The molecule has 1 aliphatic carbocycles. The third-order valence-electron chi connectivity index (χ3n) is 7.19. The molecule has 1 amide bonds. The number of benzene rings is 1. The Kier molecular flexibility index (Phi) is 5.59. The lowest BCUT2D eigenvalue weighted by molar-refractivity contribution is 0.0947. The first-order valence-electron chi connectivity index (χ1n) is 12.3. The van der Waals surface area contributed by atoms with Crippen molar-refractivity contribution in [3.05, 3.63) is 53.7 Å². The summed E-state index contributed by atoms with van der Waals surface area (Å²) in [5, 5.41) is 11.5. The van der Waals surface area contributed by atoms with Crippen LogP contribution in [0.5, 0.6) is 5.75 Å². The van der Waals surface area contributed by atoms with Crippen molar-refractivity contribution in [2.45, 2.75) is 31.8 Å². The van der Waals surface area contributed by atoms with E-state index in [1.165, 1.54) is 12.1 Å². The first-order chi connectivity index (χ1) is 17.8. The van der Waals surface area contributed by atoms with E-state index in [-0.39, 0.29) is 11.6 Å². The minimum absolute atomic E-state index is 0.00154. The van der Waals surface area contributed by atoms with E-state index < -0.39 is 11.7 Å². The number of likely N-dealkylation sites (N-methyl/N-ethyl adjacent to an activating group) is 1. The van der Waals surface area contributed by atoms with Crippen molar-refractivity contribution >= 4 is 17.2 Å². The van der Waals surface area contributed by atoms with E-state index in [2.05, 4.69) is 44.5 Å². The molecule has 1 aromatic carbocycles. The number of fused-ring (bicyclic) bond motifs is 1. The second kappa shape index (κ2) is 8.84. The zero-order valence-corrected chi connectivity index (χ0v) is 21.3. The average molecular weight is 505 g/mol. The number of rotatable bonds is 7. The number of pyridine rings is 1. The van der Waals surface area contributed by atoms with Gasteiger partial charge >= 0.3 is 0 Å². The lowest BCUT2D eigenvalue weighted by Gasteiger charge is -2.44. The number of nitrogens with zero attached hydrogens (tertiary/aromatic N) is 7. The second-order valence-electron chi connectivity index (χ2n) is 10.0. The average Bonchev–Trinajstić information content (AvgIpc) is 3.34.